The number of benzene rings is 1. The average molecular weight is 194 g/mol. The number of nitrogens with one attached hydrogen (secondary N) is 1. The maximum Gasteiger partial charge on any atom is 0.224 e. The van der Waals surface area contributed by atoms with Crippen LogP contribution in [0.25, 0.3) is 0 Å². The number of hydrogen-bond acceptors (Lipinski definition) is 3. The summed E-state index contributed by atoms with van der Waals surface area (Å²) in [4.78, 5) is 11.1. The molecule has 0 heterocycles. The Labute approximate surface area is 83.1 Å². The van der Waals surface area contributed by atoms with Crippen LogP contribution in [0, 0.1) is 0 Å². The molecule has 0 aliphatic rings. The molecule has 0 saturated carbocycles. The van der Waals surface area contributed by atoms with Crippen LogP contribution in [0.2, 0.25) is 0 Å². The maximum absolute atomic E-state index is 11.1. The van der Waals surface area contributed by atoms with Crippen molar-refractivity contribution >= 4 is 17.3 Å². The quantitative estimate of drug-likeness (QED) is 0.719. The molecular weight excluding hydrogens is 180 g/mol. The van der Waals surface area contributed by atoms with Crippen LogP contribution in [0.15, 0.2) is 18.2 Å². The lowest BCUT2D eigenvalue weighted by atomic mass is 10.2. The molecular formula is C10H14N2O2. The number of nitrogens with two attached hydrogens (primary N) is 1. The summed E-state index contributed by atoms with van der Waals surface area (Å²) >= 11 is 0. The highest BCUT2D eigenvalue weighted by molar-refractivity contribution is 5.92. The predicted molar refractivity (Wildman–Crippen MR) is 56.3 cm³/mol. The van der Waals surface area contributed by atoms with Gasteiger partial charge in [0, 0.05) is 18.2 Å². The molecule has 1 aromatic carbocycles. The molecule has 0 aromatic heterocycles. The van der Waals surface area contributed by atoms with Gasteiger partial charge in [-0.1, -0.05) is 6.92 Å². The highest BCUT2D eigenvalue weighted by Crippen LogP contribution is 2.26. The Morgan fingerprint density at radius 3 is 2.86 bits per heavy atom. The van der Waals surface area contributed by atoms with Crippen molar-refractivity contribution in [1.29, 1.82) is 0 Å². The van der Waals surface area contributed by atoms with Crippen molar-refractivity contribution in [3.63, 3.8) is 0 Å². The number of anilines is 2. The minimum Gasteiger partial charge on any atom is -0.494 e. The molecule has 0 aliphatic heterocycles. The largest absolute Gasteiger partial charge is 0.494 e. The summed E-state index contributed by atoms with van der Waals surface area (Å²) in [6, 6.07) is 5.11. The predicted octanol–water partition coefficient (Wildman–Crippen LogP) is 1.63. The number of nitrogen functional groups attached to an aromatic ring is 1. The van der Waals surface area contributed by atoms with Crippen LogP contribution < -0.4 is 15.8 Å². The van der Waals surface area contributed by atoms with E-state index in [0.717, 1.165) is 0 Å². The van der Waals surface area contributed by atoms with E-state index in [-0.39, 0.29) is 5.91 Å². The van der Waals surface area contributed by atoms with Crippen LogP contribution in [0.5, 0.6) is 5.75 Å². The third kappa shape index (κ3) is 2.39. The Kier molecular flexibility index (Phi) is 3.34. The van der Waals surface area contributed by atoms with E-state index in [0.29, 0.717) is 23.5 Å². The van der Waals surface area contributed by atoms with Crippen molar-refractivity contribution in [2.45, 2.75) is 13.3 Å². The summed E-state index contributed by atoms with van der Waals surface area (Å²) in [5, 5.41) is 2.72. The Hall–Kier alpha value is -1.71. The molecule has 4 nitrogen and oxygen atoms in total. The van der Waals surface area contributed by atoms with Crippen molar-refractivity contribution in [3.05, 3.63) is 18.2 Å². The summed E-state index contributed by atoms with van der Waals surface area (Å²) in [6.45, 7) is 1.79. The molecule has 1 rings (SSSR count). The third-order valence-corrected chi connectivity index (χ3v) is 1.82. The van der Waals surface area contributed by atoms with Crippen LogP contribution >= 0.6 is 0 Å². The zero-order chi connectivity index (χ0) is 10.6. The fourth-order valence-corrected chi connectivity index (χ4v) is 1.05. The molecule has 0 bridgehead atoms. The van der Waals surface area contributed by atoms with Gasteiger partial charge in [0.1, 0.15) is 5.75 Å². The van der Waals surface area contributed by atoms with E-state index in [4.69, 9.17) is 10.5 Å². The second-order valence-electron chi connectivity index (χ2n) is 2.86. The molecule has 0 atom stereocenters. The second-order valence-corrected chi connectivity index (χ2v) is 2.86. The summed E-state index contributed by atoms with van der Waals surface area (Å²) < 4.78 is 5.08. The van der Waals surface area contributed by atoms with Crippen LogP contribution in [-0.4, -0.2) is 13.0 Å². The van der Waals surface area contributed by atoms with Crippen molar-refractivity contribution in [2.75, 3.05) is 18.2 Å². The molecule has 0 fully saturated rings. The van der Waals surface area contributed by atoms with Crippen molar-refractivity contribution in [1.82, 2.24) is 0 Å². The van der Waals surface area contributed by atoms with Gasteiger partial charge in [-0.25, -0.2) is 0 Å². The van der Waals surface area contributed by atoms with Crippen molar-refractivity contribution in [2.24, 2.45) is 0 Å². The molecule has 0 unspecified atom stereocenters. The topological polar surface area (TPSA) is 64.4 Å². The summed E-state index contributed by atoms with van der Waals surface area (Å²) in [5.74, 6) is 0.528. The first kappa shape index (κ1) is 10.4. The van der Waals surface area contributed by atoms with Gasteiger partial charge in [-0.15, -0.1) is 0 Å². The van der Waals surface area contributed by atoms with Crippen molar-refractivity contribution < 1.29 is 9.53 Å². The molecule has 1 amide bonds. The van der Waals surface area contributed by atoms with Gasteiger partial charge in [-0.2, -0.15) is 0 Å². The molecule has 0 saturated heterocycles. The van der Waals surface area contributed by atoms with Gasteiger partial charge in [0.25, 0.3) is 0 Å². The van der Waals surface area contributed by atoms with Crippen LogP contribution in [0.4, 0.5) is 11.4 Å². The normalized spacial score (nSPS) is 9.57. The lowest BCUT2D eigenvalue weighted by Crippen LogP contribution is -2.10. The van der Waals surface area contributed by atoms with Gasteiger partial charge < -0.3 is 15.8 Å². The van der Waals surface area contributed by atoms with Crippen LogP contribution in [-0.2, 0) is 4.79 Å². The molecule has 1 aromatic rings. The van der Waals surface area contributed by atoms with E-state index < -0.39 is 0 Å². The number of rotatable bonds is 3. The SMILES string of the molecule is CCC(=O)Nc1ccc(N)cc1OC. The minimum absolute atomic E-state index is 0.0481. The van der Waals surface area contributed by atoms with Crippen LogP contribution in [0.3, 0.4) is 0 Å². The monoisotopic (exact) mass is 194 g/mol. The van der Waals surface area contributed by atoms with Gasteiger partial charge >= 0.3 is 0 Å². The molecule has 0 aliphatic carbocycles. The molecule has 76 valence electrons. The maximum atomic E-state index is 11.1. The minimum atomic E-state index is -0.0481. The molecule has 0 radical (unpaired) electrons. The average Bonchev–Trinajstić information content (AvgIpc) is 2.20. The number of carbonyl (C=O) groups is 1. The number of ether oxygens (including phenoxy) is 1. The number of hydrogen-bond donors (Lipinski definition) is 2. The Balaban J connectivity index is 2.90. The van der Waals surface area contributed by atoms with E-state index in [1.54, 1.807) is 25.1 Å². The molecule has 14 heavy (non-hydrogen) atoms. The number of amides is 1. The third-order valence-electron chi connectivity index (χ3n) is 1.82. The first-order chi connectivity index (χ1) is 6.67. The summed E-state index contributed by atoms with van der Waals surface area (Å²) in [7, 11) is 1.54. The highest BCUT2D eigenvalue weighted by Gasteiger charge is 2.05. The number of methoxy groups -OCH3 is 1. The van der Waals surface area contributed by atoms with E-state index in [1.807, 2.05) is 0 Å². The Bertz CT molecular complexity index is 337. The standard InChI is InChI=1S/C10H14N2O2/c1-3-10(13)12-8-5-4-7(11)6-9(8)14-2/h4-6H,3,11H2,1-2H3,(H,12,13). The lowest BCUT2D eigenvalue weighted by molar-refractivity contribution is -0.115. The van der Waals surface area contributed by atoms with Crippen LogP contribution in [0.1, 0.15) is 13.3 Å². The molecule has 4 heteroatoms. The van der Waals surface area contributed by atoms with Crippen molar-refractivity contribution in [3.8, 4) is 5.75 Å². The number of carbonyl (C=O) groups excluding carboxylic acids is 1. The lowest BCUT2D eigenvalue weighted by Gasteiger charge is -2.09. The highest BCUT2D eigenvalue weighted by atomic mass is 16.5. The van der Waals surface area contributed by atoms with Gasteiger partial charge in [-0.3, -0.25) is 4.79 Å². The Morgan fingerprint density at radius 1 is 1.57 bits per heavy atom. The van der Waals surface area contributed by atoms with E-state index in [1.165, 1.54) is 7.11 Å². The van der Waals surface area contributed by atoms with E-state index >= 15 is 0 Å². The molecule has 0 spiro atoms. The van der Waals surface area contributed by atoms with Gasteiger partial charge in [-0.05, 0) is 12.1 Å². The first-order valence-electron chi connectivity index (χ1n) is 4.40. The van der Waals surface area contributed by atoms with E-state index in [2.05, 4.69) is 5.32 Å². The summed E-state index contributed by atoms with van der Waals surface area (Å²) in [6.07, 6.45) is 0.438. The fraction of sp³-hybridized carbons (Fsp3) is 0.300. The van der Waals surface area contributed by atoms with E-state index in [9.17, 15) is 4.79 Å². The zero-order valence-electron chi connectivity index (χ0n) is 8.33. The summed E-state index contributed by atoms with van der Waals surface area (Å²) in [5.41, 5.74) is 6.83. The fourth-order valence-electron chi connectivity index (χ4n) is 1.05. The zero-order valence-corrected chi connectivity index (χ0v) is 8.33. The Morgan fingerprint density at radius 2 is 2.29 bits per heavy atom. The van der Waals surface area contributed by atoms with Gasteiger partial charge in [0.05, 0.1) is 12.8 Å². The molecule has 3 N–H and O–H groups in total. The van der Waals surface area contributed by atoms with Gasteiger partial charge in [0.15, 0.2) is 0 Å². The first-order valence-corrected chi connectivity index (χ1v) is 4.40. The smallest absolute Gasteiger partial charge is 0.224 e. The second kappa shape index (κ2) is 4.50. The van der Waals surface area contributed by atoms with Gasteiger partial charge in [0.2, 0.25) is 5.91 Å².